The second-order valence-electron chi connectivity index (χ2n) is 9.54. The van der Waals surface area contributed by atoms with Crippen molar-refractivity contribution >= 4 is 17.6 Å². The Morgan fingerprint density at radius 2 is 2.08 bits per heavy atom. The van der Waals surface area contributed by atoms with Crippen LogP contribution in [-0.2, 0) is 17.6 Å². The van der Waals surface area contributed by atoms with Crippen LogP contribution in [-0.4, -0.2) is 74.7 Å². The molecular formula is C28H37N7O3. The monoisotopic (exact) mass is 519 g/mol. The maximum atomic E-state index is 11.9. The van der Waals surface area contributed by atoms with Gasteiger partial charge in [-0.15, -0.1) is 0 Å². The largest absolute Gasteiger partial charge is 0.491 e. The minimum Gasteiger partial charge on any atom is -0.491 e. The van der Waals surface area contributed by atoms with E-state index in [1.807, 2.05) is 19.1 Å². The van der Waals surface area contributed by atoms with Crippen molar-refractivity contribution in [3.05, 3.63) is 66.0 Å². The molecule has 10 heteroatoms. The summed E-state index contributed by atoms with van der Waals surface area (Å²) in [7, 11) is 0. The van der Waals surface area contributed by atoms with Crippen molar-refractivity contribution in [3.63, 3.8) is 0 Å². The summed E-state index contributed by atoms with van der Waals surface area (Å²) in [6.07, 6.45) is 10.3. The molecule has 0 spiro atoms. The number of fused-ring (bicyclic) bond motifs is 1. The van der Waals surface area contributed by atoms with Gasteiger partial charge in [0.2, 0.25) is 0 Å². The SMILES string of the molecule is Cc1ccc(OCCN(CCCCc2ccc3c(n2)NCCC3)CCC(Nc2ccncn2)C(=O)O)cn1. The predicted molar refractivity (Wildman–Crippen MR) is 147 cm³/mol. The second-order valence-corrected chi connectivity index (χ2v) is 9.54. The average Bonchev–Trinajstić information content (AvgIpc) is 2.94. The van der Waals surface area contributed by atoms with Crippen LogP contribution >= 0.6 is 0 Å². The lowest BCUT2D eigenvalue weighted by Gasteiger charge is -2.24. The summed E-state index contributed by atoms with van der Waals surface area (Å²) >= 11 is 0. The lowest BCUT2D eigenvalue weighted by molar-refractivity contribution is -0.138. The molecule has 4 rings (SSSR count). The van der Waals surface area contributed by atoms with Crippen molar-refractivity contribution in [1.82, 2.24) is 24.8 Å². The topological polar surface area (TPSA) is 125 Å². The predicted octanol–water partition coefficient (Wildman–Crippen LogP) is 3.59. The molecule has 0 fully saturated rings. The van der Waals surface area contributed by atoms with Crippen molar-refractivity contribution in [2.75, 3.05) is 43.4 Å². The van der Waals surface area contributed by atoms with E-state index in [2.05, 4.69) is 42.6 Å². The van der Waals surface area contributed by atoms with Gasteiger partial charge < -0.3 is 20.5 Å². The molecule has 3 aromatic rings. The molecule has 4 heterocycles. The third-order valence-corrected chi connectivity index (χ3v) is 6.61. The third-order valence-electron chi connectivity index (χ3n) is 6.61. The van der Waals surface area contributed by atoms with Gasteiger partial charge in [0, 0.05) is 37.2 Å². The Morgan fingerprint density at radius 1 is 1.16 bits per heavy atom. The molecule has 3 aromatic heterocycles. The van der Waals surface area contributed by atoms with E-state index in [1.54, 1.807) is 18.5 Å². The number of carbonyl (C=O) groups is 1. The summed E-state index contributed by atoms with van der Waals surface area (Å²) in [5, 5.41) is 16.2. The second kappa shape index (κ2) is 14.2. The summed E-state index contributed by atoms with van der Waals surface area (Å²) in [6.45, 7) is 5.58. The minimum absolute atomic E-state index is 0.434. The Morgan fingerprint density at radius 3 is 2.87 bits per heavy atom. The van der Waals surface area contributed by atoms with Gasteiger partial charge in [0.05, 0.1) is 6.20 Å². The van der Waals surface area contributed by atoms with Gasteiger partial charge in [0.25, 0.3) is 0 Å². The van der Waals surface area contributed by atoms with E-state index in [0.717, 1.165) is 68.1 Å². The van der Waals surface area contributed by atoms with Crippen molar-refractivity contribution < 1.29 is 14.6 Å². The van der Waals surface area contributed by atoms with E-state index in [4.69, 9.17) is 9.72 Å². The van der Waals surface area contributed by atoms with E-state index >= 15 is 0 Å². The number of ether oxygens (including phenoxy) is 1. The smallest absolute Gasteiger partial charge is 0.326 e. The summed E-state index contributed by atoms with van der Waals surface area (Å²) < 4.78 is 5.90. The zero-order valence-corrected chi connectivity index (χ0v) is 22.0. The highest BCUT2D eigenvalue weighted by atomic mass is 16.5. The first-order valence-electron chi connectivity index (χ1n) is 13.3. The van der Waals surface area contributed by atoms with Crippen LogP contribution < -0.4 is 15.4 Å². The van der Waals surface area contributed by atoms with Gasteiger partial charge in [-0.1, -0.05) is 6.07 Å². The number of aliphatic carboxylic acids is 1. The maximum absolute atomic E-state index is 11.9. The Labute approximate surface area is 223 Å². The molecule has 0 radical (unpaired) electrons. The van der Waals surface area contributed by atoms with E-state index in [1.165, 1.54) is 11.9 Å². The number of unbranched alkanes of at least 4 members (excludes halogenated alkanes) is 1. The number of hydrogen-bond acceptors (Lipinski definition) is 9. The minimum atomic E-state index is -0.905. The fourth-order valence-electron chi connectivity index (χ4n) is 4.44. The van der Waals surface area contributed by atoms with Gasteiger partial charge in [0.1, 0.15) is 36.4 Å². The number of pyridine rings is 2. The van der Waals surface area contributed by atoms with Crippen LogP contribution in [0.2, 0.25) is 0 Å². The van der Waals surface area contributed by atoms with Crippen molar-refractivity contribution in [2.24, 2.45) is 0 Å². The molecule has 0 aromatic carbocycles. The zero-order valence-electron chi connectivity index (χ0n) is 22.0. The molecule has 3 N–H and O–H groups in total. The molecule has 1 atom stereocenters. The van der Waals surface area contributed by atoms with Crippen LogP contribution in [0.15, 0.2) is 49.1 Å². The van der Waals surface area contributed by atoms with E-state index < -0.39 is 12.0 Å². The summed E-state index contributed by atoms with van der Waals surface area (Å²) in [5.41, 5.74) is 3.36. The normalized spacial score (nSPS) is 13.4. The Kier molecular flexibility index (Phi) is 10.2. The van der Waals surface area contributed by atoms with Crippen LogP contribution in [0.5, 0.6) is 5.75 Å². The quantitative estimate of drug-likeness (QED) is 0.257. The van der Waals surface area contributed by atoms with Gasteiger partial charge in [-0.05, 0) is 81.8 Å². The van der Waals surface area contributed by atoms with Crippen molar-refractivity contribution in [3.8, 4) is 5.75 Å². The lowest BCUT2D eigenvalue weighted by atomic mass is 10.1. The highest BCUT2D eigenvalue weighted by Crippen LogP contribution is 2.20. The number of aryl methyl sites for hydroxylation is 3. The summed E-state index contributed by atoms with van der Waals surface area (Å²) in [5.74, 6) is 1.37. The first kappa shape index (κ1) is 27.3. The number of carboxylic acids is 1. The fourth-order valence-corrected chi connectivity index (χ4v) is 4.44. The Bertz CT molecular complexity index is 1140. The number of nitrogens with zero attached hydrogens (tertiary/aromatic N) is 5. The van der Waals surface area contributed by atoms with E-state index in [0.29, 0.717) is 31.9 Å². The molecule has 1 unspecified atom stereocenters. The molecule has 38 heavy (non-hydrogen) atoms. The van der Waals surface area contributed by atoms with E-state index in [-0.39, 0.29) is 0 Å². The van der Waals surface area contributed by atoms with Crippen molar-refractivity contribution in [2.45, 2.75) is 51.5 Å². The summed E-state index contributed by atoms with van der Waals surface area (Å²) in [6, 6.07) is 9.10. The molecule has 10 nitrogen and oxygen atoms in total. The number of carboxylic acid groups (broad SMARTS) is 1. The highest BCUT2D eigenvalue weighted by Gasteiger charge is 2.19. The fraction of sp³-hybridized carbons (Fsp3) is 0.464. The van der Waals surface area contributed by atoms with Gasteiger partial charge in [0.15, 0.2) is 0 Å². The number of anilines is 2. The molecule has 202 valence electrons. The number of aromatic nitrogens is 4. The van der Waals surface area contributed by atoms with Crippen LogP contribution in [0.3, 0.4) is 0 Å². The van der Waals surface area contributed by atoms with Crippen LogP contribution in [0, 0.1) is 6.92 Å². The first-order chi connectivity index (χ1) is 18.6. The number of nitrogens with one attached hydrogen (secondary N) is 2. The third kappa shape index (κ3) is 8.65. The van der Waals surface area contributed by atoms with Gasteiger partial charge in [-0.25, -0.2) is 19.7 Å². The Hall–Kier alpha value is -3.79. The van der Waals surface area contributed by atoms with E-state index in [9.17, 15) is 9.90 Å². The lowest BCUT2D eigenvalue weighted by Crippen LogP contribution is -2.37. The zero-order chi connectivity index (χ0) is 26.6. The average molecular weight is 520 g/mol. The number of hydrogen-bond donors (Lipinski definition) is 3. The molecule has 1 aliphatic heterocycles. The molecule has 0 amide bonds. The molecule has 0 aliphatic carbocycles. The molecular weight excluding hydrogens is 482 g/mol. The molecule has 0 bridgehead atoms. The van der Waals surface area contributed by atoms with Gasteiger partial charge in [-0.2, -0.15) is 0 Å². The van der Waals surface area contributed by atoms with Gasteiger partial charge in [-0.3, -0.25) is 9.88 Å². The van der Waals surface area contributed by atoms with Crippen LogP contribution in [0.4, 0.5) is 11.6 Å². The molecule has 0 saturated carbocycles. The maximum Gasteiger partial charge on any atom is 0.326 e. The summed E-state index contributed by atoms with van der Waals surface area (Å²) in [4.78, 5) is 31.2. The van der Waals surface area contributed by atoms with Crippen molar-refractivity contribution in [1.29, 1.82) is 0 Å². The molecule has 0 saturated heterocycles. The Balaban J connectivity index is 1.29. The molecule has 1 aliphatic rings. The van der Waals surface area contributed by atoms with Gasteiger partial charge >= 0.3 is 5.97 Å². The van der Waals surface area contributed by atoms with Crippen LogP contribution in [0.1, 0.15) is 42.6 Å². The highest BCUT2D eigenvalue weighted by molar-refractivity contribution is 5.76. The standard InChI is InChI=1S/C28H37N7O3/c1-21-7-10-24(19-31-21)38-18-17-35(16-12-25(28(36)37)34-26-11-14-29-20-32-26)15-3-2-6-23-9-8-22-5-4-13-30-27(22)33-23/h7-11,14,19-20,25H,2-6,12-13,15-18H2,1H3,(H,30,33)(H,36,37)(H,29,32,34). The van der Waals surface area contributed by atoms with Crippen LogP contribution in [0.25, 0.3) is 0 Å². The first-order valence-corrected chi connectivity index (χ1v) is 13.3. The number of rotatable bonds is 15.